The molecule has 20 heavy (non-hydrogen) atoms. The van der Waals surface area contributed by atoms with E-state index in [0.717, 1.165) is 12.1 Å². The van der Waals surface area contributed by atoms with Crippen LogP contribution >= 0.6 is 0 Å². The molecule has 0 aliphatic carbocycles. The van der Waals surface area contributed by atoms with Gasteiger partial charge in [-0.1, -0.05) is 24.3 Å². The quantitative estimate of drug-likeness (QED) is 0.859. The van der Waals surface area contributed by atoms with Gasteiger partial charge in [-0.25, -0.2) is 0 Å². The lowest BCUT2D eigenvalue weighted by atomic mass is 10.1. The molecule has 110 valence electrons. The lowest BCUT2D eigenvalue weighted by molar-refractivity contribution is -0.125. The molecule has 0 spiro atoms. The molecule has 1 fully saturated rings. The normalized spacial score (nSPS) is 16.4. The zero-order valence-corrected chi connectivity index (χ0v) is 12.5. The zero-order chi connectivity index (χ0) is 14.6. The molecule has 1 heterocycles. The first-order chi connectivity index (χ1) is 9.45. The Bertz CT molecular complexity index is 459. The molecule has 1 aliphatic heterocycles. The van der Waals surface area contributed by atoms with E-state index in [9.17, 15) is 4.79 Å². The van der Waals surface area contributed by atoms with E-state index < -0.39 is 5.54 Å². The first kappa shape index (κ1) is 15.0. The Kier molecular flexibility index (Phi) is 4.78. The fraction of sp³-hybridized carbons (Fsp3) is 0.562. The van der Waals surface area contributed by atoms with Crippen molar-refractivity contribution in [2.45, 2.75) is 45.3 Å². The van der Waals surface area contributed by atoms with Gasteiger partial charge < -0.3 is 11.1 Å². The molecule has 0 unspecified atom stereocenters. The Morgan fingerprint density at radius 3 is 2.60 bits per heavy atom. The highest BCUT2D eigenvalue weighted by Gasteiger charge is 2.21. The van der Waals surface area contributed by atoms with Crippen LogP contribution in [0.25, 0.3) is 0 Å². The van der Waals surface area contributed by atoms with E-state index >= 15 is 0 Å². The fourth-order valence-electron chi connectivity index (χ4n) is 2.45. The Morgan fingerprint density at radius 1 is 1.30 bits per heavy atom. The van der Waals surface area contributed by atoms with Crippen molar-refractivity contribution in [2.24, 2.45) is 5.73 Å². The number of benzene rings is 1. The Hall–Kier alpha value is -1.39. The van der Waals surface area contributed by atoms with E-state index in [1.54, 1.807) is 13.8 Å². The highest BCUT2D eigenvalue weighted by atomic mass is 16.2. The molecule has 3 N–H and O–H groups in total. The van der Waals surface area contributed by atoms with Gasteiger partial charge in [0.25, 0.3) is 0 Å². The van der Waals surface area contributed by atoms with Crippen molar-refractivity contribution in [3.8, 4) is 0 Å². The van der Waals surface area contributed by atoms with Gasteiger partial charge in [-0.05, 0) is 50.9 Å². The van der Waals surface area contributed by atoms with Crippen molar-refractivity contribution >= 4 is 5.91 Å². The first-order valence-corrected chi connectivity index (χ1v) is 7.32. The van der Waals surface area contributed by atoms with Crippen LogP contribution < -0.4 is 11.1 Å². The van der Waals surface area contributed by atoms with E-state index in [4.69, 9.17) is 5.73 Å². The maximum absolute atomic E-state index is 11.8. The van der Waals surface area contributed by atoms with E-state index in [2.05, 4.69) is 28.4 Å². The summed E-state index contributed by atoms with van der Waals surface area (Å²) < 4.78 is 0. The van der Waals surface area contributed by atoms with Crippen molar-refractivity contribution in [1.29, 1.82) is 0 Å². The predicted octanol–water partition coefficient (Wildman–Crippen LogP) is 1.64. The number of amides is 1. The third-order valence-electron chi connectivity index (χ3n) is 3.63. The van der Waals surface area contributed by atoms with E-state index in [-0.39, 0.29) is 5.91 Å². The largest absolute Gasteiger partial charge is 0.350 e. The second-order valence-corrected chi connectivity index (χ2v) is 6.21. The summed E-state index contributed by atoms with van der Waals surface area (Å²) >= 11 is 0. The number of nitrogens with two attached hydrogens (primary N) is 1. The van der Waals surface area contributed by atoms with Gasteiger partial charge in [-0.3, -0.25) is 9.69 Å². The summed E-state index contributed by atoms with van der Waals surface area (Å²) in [4.78, 5) is 14.2. The lowest BCUT2D eigenvalue weighted by Gasteiger charge is -2.18. The van der Waals surface area contributed by atoms with Gasteiger partial charge in [-0.15, -0.1) is 0 Å². The predicted molar refractivity (Wildman–Crippen MR) is 81.1 cm³/mol. The molecule has 1 aromatic carbocycles. The molecule has 0 saturated carbocycles. The summed E-state index contributed by atoms with van der Waals surface area (Å²) in [5.41, 5.74) is 7.37. The topological polar surface area (TPSA) is 58.4 Å². The smallest absolute Gasteiger partial charge is 0.239 e. The average molecular weight is 275 g/mol. The Labute approximate surface area is 121 Å². The third-order valence-corrected chi connectivity index (χ3v) is 3.63. The zero-order valence-electron chi connectivity index (χ0n) is 12.5. The standard InChI is InChI=1S/C16H25N3O/c1-16(2,17)15(20)18-11-13-6-5-7-14(10-13)12-19-8-3-4-9-19/h5-7,10H,3-4,8-9,11-12,17H2,1-2H3,(H,18,20). The molecule has 4 nitrogen and oxygen atoms in total. The molecule has 1 amide bonds. The van der Waals surface area contributed by atoms with Gasteiger partial charge in [0.05, 0.1) is 5.54 Å². The van der Waals surface area contributed by atoms with E-state index in [0.29, 0.717) is 6.54 Å². The van der Waals surface area contributed by atoms with Crippen molar-refractivity contribution < 1.29 is 4.79 Å². The Morgan fingerprint density at radius 2 is 1.95 bits per heavy atom. The van der Waals surface area contributed by atoms with Crippen molar-refractivity contribution in [1.82, 2.24) is 10.2 Å². The van der Waals surface area contributed by atoms with E-state index in [1.165, 1.54) is 31.5 Å². The first-order valence-electron chi connectivity index (χ1n) is 7.32. The number of carbonyl (C=O) groups excluding carboxylic acids is 1. The summed E-state index contributed by atoms with van der Waals surface area (Å²) in [6.07, 6.45) is 2.61. The number of rotatable bonds is 5. The number of hydrogen-bond acceptors (Lipinski definition) is 3. The lowest BCUT2D eigenvalue weighted by Crippen LogP contribution is -2.48. The molecular formula is C16H25N3O. The van der Waals surface area contributed by atoms with Gasteiger partial charge in [0.2, 0.25) is 5.91 Å². The highest BCUT2D eigenvalue weighted by Crippen LogP contribution is 2.14. The molecule has 0 aromatic heterocycles. The monoisotopic (exact) mass is 275 g/mol. The second-order valence-electron chi connectivity index (χ2n) is 6.21. The SMILES string of the molecule is CC(C)(N)C(=O)NCc1cccc(CN2CCCC2)c1. The van der Waals surface area contributed by atoms with Crippen LogP contribution in [-0.2, 0) is 17.9 Å². The van der Waals surface area contributed by atoms with Gasteiger partial charge in [0, 0.05) is 13.1 Å². The summed E-state index contributed by atoms with van der Waals surface area (Å²) in [7, 11) is 0. The number of nitrogens with one attached hydrogen (secondary N) is 1. The van der Waals surface area contributed by atoms with Crippen LogP contribution in [0, 0.1) is 0 Å². The van der Waals surface area contributed by atoms with Crippen LogP contribution in [0.15, 0.2) is 24.3 Å². The molecule has 1 aromatic rings. The maximum atomic E-state index is 11.8. The third kappa shape index (κ3) is 4.32. The number of carbonyl (C=O) groups is 1. The minimum Gasteiger partial charge on any atom is -0.350 e. The van der Waals surface area contributed by atoms with Gasteiger partial charge in [0.15, 0.2) is 0 Å². The summed E-state index contributed by atoms with van der Waals surface area (Å²) in [6, 6.07) is 8.41. The molecule has 0 bridgehead atoms. The van der Waals surface area contributed by atoms with Gasteiger partial charge in [-0.2, -0.15) is 0 Å². The summed E-state index contributed by atoms with van der Waals surface area (Å²) in [6.45, 7) is 7.36. The molecule has 0 atom stereocenters. The van der Waals surface area contributed by atoms with Crippen molar-refractivity contribution in [3.05, 3.63) is 35.4 Å². The van der Waals surface area contributed by atoms with Crippen molar-refractivity contribution in [3.63, 3.8) is 0 Å². The van der Waals surface area contributed by atoms with Crippen LogP contribution in [0.1, 0.15) is 37.8 Å². The summed E-state index contributed by atoms with van der Waals surface area (Å²) in [5.74, 6) is -0.123. The Balaban J connectivity index is 1.90. The van der Waals surface area contributed by atoms with E-state index in [1.807, 2.05) is 6.07 Å². The minimum atomic E-state index is -0.826. The fourth-order valence-corrected chi connectivity index (χ4v) is 2.45. The van der Waals surface area contributed by atoms with Crippen LogP contribution in [-0.4, -0.2) is 29.4 Å². The highest BCUT2D eigenvalue weighted by molar-refractivity contribution is 5.84. The minimum absolute atomic E-state index is 0.123. The van der Waals surface area contributed by atoms with Crippen LogP contribution in [0.5, 0.6) is 0 Å². The molecule has 0 radical (unpaired) electrons. The second kappa shape index (κ2) is 6.37. The molecule has 2 rings (SSSR count). The van der Waals surface area contributed by atoms with Crippen LogP contribution in [0.2, 0.25) is 0 Å². The molecular weight excluding hydrogens is 250 g/mol. The van der Waals surface area contributed by atoms with Crippen LogP contribution in [0.4, 0.5) is 0 Å². The molecule has 1 saturated heterocycles. The maximum Gasteiger partial charge on any atom is 0.239 e. The molecule has 4 heteroatoms. The summed E-state index contributed by atoms with van der Waals surface area (Å²) in [5, 5.41) is 2.88. The van der Waals surface area contributed by atoms with Crippen molar-refractivity contribution in [2.75, 3.05) is 13.1 Å². The number of likely N-dealkylation sites (tertiary alicyclic amines) is 1. The van der Waals surface area contributed by atoms with Gasteiger partial charge >= 0.3 is 0 Å². The van der Waals surface area contributed by atoms with Gasteiger partial charge in [0.1, 0.15) is 0 Å². The van der Waals surface area contributed by atoms with Crippen LogP contribution in [0.3, 0.4) is 0 Å². The molecule has 1 aliphatic rings. The number of hydrogen-bond donors (Lipinski definition) is 2. The number of nitrogens with zero attached hydrogens (tertiary/aromatic N) is 1. The average Bonchev–Trinajstić information content (AvgIpc) is 2.88.